The van der Waals surface area contributed by atoms with Crippen molar-refractivity contribution in [3.63, 3.8) is 0 Å². The van der Waals surface area contributed by atoms with E-state index in [1.54, 1.807) is 18.4 Å². The maximum atomic E-state index is 5.23. The second-order valence-corrected chi connectivity index (χ2v) is 6.18. The summed E-state index contributed by atoms with van der Waals surface area (Å²) in [5.41, 5.74) is 2.20. The van der Waals surface area contributed by atoms with Crippen molar-refractivity contribution < 1.29 is 4.74 Å². The first kappa shape index (κ1) is 13.4. The molecule has 0 unspecified atom stereocenters. The Hall–Kier alpha value is -1.59. The Morgan fingerprint density at radius 2 is 2.10 bits per heavy atom. The van der Waals surface area contributed by atoms with Crippen molar-refractivity contribution in [3.05, 3.63) is 52.5 Å². The molecule has 0 saturated carbocycles. The number of thiazole rings is 1. The van der Waals surface area contributed by atoms with Crippen molar-refractivity contribution in [3.8, 4) is 5.75 Å². The van der Waals surface area contributed by atoms with Crippen LogP contribution in [0.15, 0.2) is 46.9 Å². The zero-order valence-electron chi connectivity index (χ0n) is 10.9. The topological polar surface area (TPSA) is 34.1 Å². The highest BCUT2D eigenvalue weighted by Crippen LogP contribution is 2.29. The van der Waals surface area contributed by atoms with Crippen molar-refractivity contribution in [2.24, 2.45) is 0 Å². The lowest BCUT2D eigenvalue weighted by Gasteiger charge is -2.04. The first-order chi connectivity index (χ1) is 9.76. The molecule has 0 aliphatic carbocycles. The van der Waals surface area contributed by atoms with Crippen LogP contribution in [-0.2, 0) is 6.54 Å². The molecular weight excluding hydrogens is 336 g/mol. The number of halogens is 1. The molecule has 0 aliphatic heterocycles. The highest BCUT2D eigenvalue weighted by Gasteiger charge is 2.05. The van der Waals surface area contributed by atoms with E-state index in [9.17, 15) is 0 Å². The summed E-state index contributed by atoms with van der Waals surface area (Å²) in [4.78, 5) is 4.57. The summed E-state index contributed by atoms with van der Waals surface area (Å²) in [7, 11) is 1.67. The lowest BCUT2D eigenvalue weighted by atomic mass is 10.2. The van der Waals surface area contributed by atoms with E-state index in [1.165, 1.54) is 5.56 Å². The summed E-state index contributed by atoms with van der Waals surface area (Å²) in [6.45, 7) is 0.748. The van der Waals surface area contributed by atoms with Crippen molar-refractivity contribution in [2.45, 2.75) is 6.54 Å². The normalized spacial score (nSPS) is 10.7. The van der Waals surface area contributed by atoms with Gasteiger partial charge in [0, 0.05) is 11.0 Å². The van der Waals surface area contributed by atoms with Gasteiger partial charge in [0.05, 0.1) is 17.3 Å². The van der Waals surface area contributed by atoms with E-state index in [1.807, 2.05) is 36.4 Å². The number of nitrogens with zero attached hydrogens (tertiary/aromatic N) is 1. The van der Waals surface area contributed by atoms with Crippen LogP contribution in [0.5, 0.6) is 5.75 Å². The number of aromatic nitrogens is 1. The number of hydrogen-bond acceptors (Lipinski definition) is 4. The van der Waals surface area contributed by atoms with Gasteiger partial charge in [-0.2, -0.15) is 0 Å². The maximum absolute atomic E-state index is 5.23. The van der Waals surface area contributed by atoms with Gasteiger partial charge in [-0.25, -0.2) is 4.98 Å². The molecule has 3 aromatic rings. The van der Waals surface area contributed by atoms with Gasteiger partial charge in [-0.3, -0.25) is 0 Å². The summed E-state index contributed by atoms with van der Waals surface area (Å²) in [5, 5.41) is 4.29. The van der Waals surface area contributed by atoms with Gasteiger partial charge in [-0.1, -0.05) is 45.5 Å². The van der Waals surface area contributed by atoms with Gasteiger partial charge in [0.2, 0.25) is 0 Å². The minimum atomic E-state index is 0.748. The number of nitrogens with one attached hydrogen (secondary N) is 1. The Morgan fingerprint density at radius 3 is 2.90 bits per heavy atom. The molecule has 0 bridgehead atoms. The fourth-order valence-electron chi connectivity index (χ4n) is 1.92. The highest BCUT2D eigenvalue weighted by atomic mass is 79.9. The van der Waals surface area contributed by atoms with Crippen LogP contribution in [0.1, 0.15) is 5.56 Å². The van der Waals surface area contributed by atoms with Crippen LogP contribution in [0.2, 0.25) is 0 Å². The molecule has 0 saturated heterocycles. The van der Waals surface area contributed by atoms with Crippen LogP contribution in [0.4, 0.5) is 5.13 Å². The van der Waals surface area contributed by atoms with E-state index in [2.05, 4.69) is 32.3 Å². The molecule has 0 aliphatic rings. The molecule has 102 valence electrons. The summed E-state index contributed by atoms with van der Waals surface area (Å²) >= 11 is 5.18. The van der Waals surface area contributed by atoms with E-state index >= 15 is 0 Å². The number of fused-ring (bicyclic) bond motifs is 1. The quantitative estimate of drug-likeness (QED) is 0.743. The lowest BCUT2D eigenvalue weighted by molar-refractivity contribution is 0.415. The van der Waals surface area contributed by atoms with Gasteiger partial charge in [0.25, 0.3) is 0 Å². The molecule has 3 nitrogen and oxygen atoms in total. The predicted octanol–water partition coefficient (Wildman–Crippen LogP) is 4.68. The Kier molecular flexibility index (Phi) is 3.89. The third kappa shape index (κ3) is 2.78. The molecule has 0 amide bonds. The number of benzene rings is 2. The Labute approximate surface area is 129 Å². The van der Waals surface area contributed by atoms with Crippen molar-refractivity contribution >= 4 is 42.6 Å². The van der Waals surface area contributed by atoms with Gasteiger partial charge in [-0.15, -0.1) is 0 Å². The SMILES string of the molecule is COc1ccc2nc(NCc3ccccc3Br)sc2c1. The summed E-state index contributed by atoms with van der Waals surface area (Å²) in [5.74, 6) is 0.860. The molecule has 0 radical (unpaired) electrons. The van der Waals surface area contributed by atoms with Gasteiger partial charge >= 0.3 is 0 Å². The fraction of sp³-hybridized carbons (Fsp3) is 0.133. The minimum absolute atomic E-state index is 0.748. The Balaban J connectivity index is 1.79. The van der Waals surface area contributed by atoms with Crippen LogP contribution in [0, 0.1) is 0 Å². The molecule has 0 atom stereocenters. The summed E-state index contributed by atoms with van der Waals surface area (Å²) < 4.78 is 7.46. The van der Waals surface area contributed by atoms with Crippen molar-refractivity contribution in [2.75, 3.05) is 12.4 Å². The number of anilines is 1. The average Bonchev–Trinajstić information content (AvgIpc) is 2.88. The zero-order valence-corrected chi connectivity index (χ0v) is 13.3. The van der Waals surface area contributed by atoms with Crippen molar-refractivity contribution in [1.82, 2.24) is 4.98 Å². The van der Waals surface area contributed by atoms with Crippen LogP contribution >= 0.6 is 27.3 Å². The average molecular weight is 349 g/mol. The van der Waals surface area contributed by atoms with E-state index in [0.29, 0.717) is 0 Å². The molecule has 1 aromatic heterocycles. The number of methoxy groups -OCH3 is 1. The molecule has 2 aromatic carbocycles. The predicted molar refractivity (Wildman–Crippen MR) is 87.6 cm³/mol. The number of ether oxygens (including phenoxy) is 1. The summed E-state index contributed by atoms with van der Waals surface area (Å²) in [6.07, 6.45) is 0. The van der Waals surface area contributed by atoms with E-state index in [0.717, 1.165) is 32.1 Å². The molecule has 0 spiro atoms. The molecular formula is C15H13BrN2OS. The van der Waals surface area contributed by atoms with Gasteiger partial charge in [0.15, 0.2) is 5.13 Å². The van der Waals surface area contributed by atoms with Crippen LogP contribution in [0.25, 0.3) is 10.2 Å². The zero-order chi connectivity index (χ0) is 13.9. The van der Waals surface area contributed by atoms with Gasteiger partial charge in [-0.05, 0) is 29.8 Å². The third-order valence-corrected chi connectivity index (χ3v) is 4.73. The largest absolute Gasteiger partial charge is 0.497 e. The Bertz CT molecular complexity index is 742. The second kappa shape index (κ2) is 5.81. The second-order valence-electron chi connectivity index (χ2n) is 4.30. The van der Waals surface area contributed by atoms with Crippen molar-refractivity contribution in [1.29, 1.82) is 0 Å². The molecule has 20 heavy (non-hydrogen) atoms. The summed E-state index contributed by atoms with van der Waals surface area (Å²) in [6, 6.07) is 14.1. The third-order valence-electron chi connectivity index (χ3n) is 2.98. The Morgan fingerprint density at radius 1 is 1.25 bits per heavy atom. The van der Waals surface area contributed by atoms with Crippen LogP contribution in [-0.4, -0.2) is 12.1 Å². The first-order valence-electron chi connectivity index (χ1n) is 6.18. The maximum Gasteiger partial charge on any atom is 0.184 e. The number of rotatable bonds is 4. The molecule has 1 heterocycles. The smallest absolute Gasteiger partial charge is 0.184 e. The van der Waals surface area contributed by atoms with E-state index in [4.69, 9.17) is 4.74 Å². The standard InChI is InChI=1S/C15H13BrN2OS/c1-19-11-6-7-13-14(8-11)20-15(18-13)17-9-10-4-2-3-5-12(10)16/h2-8H,9H2,1H3,(H,17,18). The highest BCUT2D eigenvalue weighted by molar-refractivity contribution is 9.10. The molecule has 5 heteroatoms. The van der Waals surface area contributed by atoms with Crippen LogP contribution < -0.4 is 10.1 Å². The monoisotopic (exact) mass is 348 g/mol. The molecule has 3 rings (SSSR count). The fourth-order valence-corrected chi connectivity index (χ4v) is 3.24. The van der Waals surface area contributed by atoms with Gasteiger partial charge in [0.1, 0.15) is 5.75 Å². The van der Waals surface area contributed by atoms with Crippen LogP contribution in [0.3, 0.4) is 0 Å². The molecule has 0 fully saturated rings. The van der Waals surface area contributed by atoms with E-state index < -0.39 is 0 Å². The lowest BCUT2D eigenvalue weighted by Crippen LogP contribution is -1.99. The van der Waals surface area contributed by atoms with Gasteiger partial charge < -0.3 is 10.1 Å². The minimum Gasteiger partial charge on any atom is -0.497 e. The number of hydrogen-bond donors (Lipinski definition) is 1. The van der Waals surface area contributed by atoms with E-state index in [-0.39, 0.29) is 0 Å². The molecule has 1 N–H and O–H groups in total. The first-order valence-corrected chi connectivity index (χ1v) is 7.79.